The maximum absolute atomic E-state index is 11.8. The molecular formula is C18H17NO4. The number of aromatic carboxylic acids is 1. The molecule has 2 N–H and O–H groups in total. The number of rotatable bonds is 6. The number of hydrogen-bond acceptors (Lipinski definition) is 3. The predicted octanol–water partition coefficient (Wildman–Crippen LogP) is 2.72. The third-order valence-electron chi connectivity index (χ3n) is 3.19. The molecule has 0 saturated carbocycles. The van der Waals surface area contributed by atoms with Crippen molar-refractivity contribution in [1.29, 1.82) is 0 Å². The highest BCUT2D eigenvalue weighted by Crippen LogP contribution is 2.13. The number of methoxy groups -OCH3 is 1. The first-order valence-electron chi connectivity index (χ1n) is 7.00. The smallest absolute Gasteiger partial charge is 0.335 e. The molecular weight excluding hydrogens is 294 g/mol. The first kappa shape index (κ1) is 16.3. The zero-order valence-corrected chi connectivity index (χ0v) is 12.7. The van der Waals surface area contributed by atoms with Crippen molar-refractivity contribution in [2.75, 3.05) is 7.11 Å². The third-order valence-corrected chi connectivity index (χ3v) is 3.19. The van der Waals surface area contributed by atoms with Crippen LogP contribution < -0.4 is 10.1 Å². The van der Waals surface area contributed by atoms with Crippen LogP contribution in [-0.2, 0) is 11.3 Å². The summed E-state index contributed by atoms with van der Waals surface area (Å²) in [5, 5.41) is 11.6. The van der Waals surface area contributed by atoms with Gasteiger partial charge in [-0.25, -0.2) is 4.79 Å². The Balaban J connectivity index is 1.89. The average molecular weight is 311 g/mol. The van der Waals surface area contributed by atoms with Crippen molar-refractivity contribution in [2.45, 2.75) is 6.54 Å². The topological polar surface area (TPSA) is 75.6 Å². The predicted molar refractivity (Wildman–Crippen MR) is 87.3 cm³/mol. The molecule has 0 bridgehead atoms. The lowest BCUT2D eigenvalue weighted by Gasteiger charge is -2.03. The van der Waals surface area contributed by atoms with Crippen molar-refractivity contribution in [3.05, 3.63) is 71.3 Å². The molecule has 23 heavy (non-hydrogen) atoms. The molecule has 5 nitrogen and oxygen atoms in total. The van der Waals surface area contributed by atoms with E-state index in [0.717, 1.165) is 16.9 Å². The molecule has 0 aliphatic heterocycles. The van der Waals surface area contributed by atoms with Gasteiger partial charge in [0, 0.05) is 12.6 Å². The van der Waals surface area contributed by atoms with Crippen molar-refractivity contribution in [2.24, 2.45) is 0 Å². The van der Waals surface area contributed by atoms with E-state index in [1.165, 1.54) is 18.2 Å². The van der Waals surface area contributed by atoms with Crippen LogP contribution >= 0.6 is 0 Å². The Bertz CT molecular complexity index is 720. The summed E-state index contributed by atoms with van der Waals surface area (Å²) in [7, 11) is 1.59. The molecule has 0 spiro atoms. The molecule has 0 aliphatic carbocycles. The quantitative estimate of drug-likeness (QED) is 0.804. The zero-order chi connectivity index (χ0) is 16.7. The molecule has 2 aromatic rings. The Hall–Kier alpha value is -3.08. The maximum Gasteiger partial charge on any atom is 0.335 e. The number of carbonyl (C=O) groups is 2. The molecule has 2 aromatic carbocycles. The zero-order valence-electron chi connectivity index (χ0n) is 12.7. The van der Waals surface area contributed by atoms with E-state index in [2.05, 4.69) is 5.32 Å². The van der Waals surface area contributed by atoms with Gasteiger partial charge in [0.2, 0.25) is 5.91 Å². The number of carboxylic acids is 1. The number of ether oxygens (including phenoxy) is 1. The van der Waals surface area contributed by atoms with Crippen LogP contribution in [0.2, 0.25) is 0 Å². The van der Waals surface area contributed by atoms with E-state index in [1.54, 1.807) is 25.3 Å². The minimum Gasteiger partial charge on any atom is -0.497 e. The lowest BCUT2D eigenvalue weighted by Crippen LogP contribution is -2.20. The number of nitrogens with one attached hydrogen (secondary N) is 1. The van der Waals surface area contributed by atoms with E-state index in [4.69, 9.17) is 9.84 Å². The van der Waals surface area contributed by atoms with Gasteiger partial charge < -0.3 is 15.2 Å². The van der Waals surface area contributed by atoms with Gasteiger partial charge in [-0.1, -0.05) is 24.3 Å². The van der Waals surface area contributed by atoms with Gasteiger partial charge in [0.15, 0.2) is 0 Å². The van der Waals surface area contributed by atoms with Gasteiger partial charge >= 0.3 is 5.97 Å². The van der Waals surface area contributed by atoms with Crippen molar-refractivity contribution < 1.29 is 19.4 Å². The van der Waals surface area contributed by atoms with Gasteiger partial charge in [-0.05, 0) is 41.5 Å². The van der Waals surface area contributed by atoms with E-state index < -0.39 is 5.97 Å². The minimum absolute atomic E-state index is 0.220. The second-order valence-electron chi connectivity index (χ2n) is 4.83. The lowest BCUT2D eigenvalue weighted by atomic mass is 10.1. The molecule has 1 amide bonds. The summed E-state index contributed by atoms with van der Waals surface area (Å²) in [6.45, 7) is 0.335. The van der Waals surface area contributed by atoms with Gasteiger partial charge in [-0.15, -0.1) is 0 Å². The summed E-state index contributed by atoms with van der Waals surface area (Å²) < 4.78 is 5.12. The molecule has 0 aromatic heterocycles. The number of benzene rings is 2. The maximum atomic E-state index is 11.8. The third kappa shape index (κ3) is 5.00. The summed E-state index contributed by atoms with van der Waals surface area (Å²) in [5.74, 6) is -0.469. The van der Waals surface area contributed by atoms with Crippen LogP contribution in [0.3, 0.4) is 0 Å². The normalized spacial score (nSPS) is 10.5. The van der Waals surface area contributed by atoms with Crippen LogP contribution in [0.25, 0.3) is 6.08 Å². The van der Waals surface area contributed by atoms with Crippen LogP contribution in [0, 0.1) is 0 Å². The van der Waals surface area contributed by atoms with Gasteiger partial charge in [-0.2, -0.15) is 0 Å². The fourth-order valence-electron chi connectivity index (χ4n) is 1.93. The molecule has 0 atom stereocenters. The van der Waals surface area contributed by atoms with Crippen LogP contribution in [0.15, 0.2) is 54.6 Å². The second kappa shape index (κ2) is 7.79. The minimum atomic E-state index is -0.971. The second-order valence-corrected chi connectivity index (χ2v) is 4.83. The van der Waals surface area contributed by atoms with Crippen molar-refractivity contribution in [3.8, 4) is 5.75 Å². The highest BCUT2D eigenvalue weighted by molar-refractivity contribution is 5.91. The molecule has 5 heteroatoms. The first-order chi connectivity index (χ1) is 11.1. The Labute approximate surface area is 134 Å². The first-order valence-corrected chi connectivity index (χ1v) is 7.00. The van der Waals surface area contributed by atoms with E-state index in [-0.39, 0.29) is 11.5 Å². The highest BCUT2D eigenvalue weighted by atomic mass is 16.5. The van der Waals surface area contributed by atoms with Crippen LogP contribution in [0.1, 0.15) is 21.5 Å². The summed E-state index contributed by atoms with van der Waals surface area (Å²) in [6, 6.07) is 13.8. The molecule has 0 aliphatic rings. The van der Waals surface area contributed by atoms with Crippen LogP contribution in [-0.4, -0.2) is 24.1 Å². The monoisotopic (exact) mass is 311 g/mol. The summed E-state index contributed by atoms with van der Waals surface area (Å²) in [6.07, 6.45) is 3.14. The SMILES string of the molecule is COc1cccc(/C=C/C(=O)NCc2ccc(C(=O)O)cc2)c1. The van der Waals surface area contributed by atoms with Crippen LogP contribution in [0.5, 0.6) is 5.75 Å². The van der Waals surface area contributed by atoms with Gasteiger partial charge in [0.05, 0.1) is 12.7 Å². The standard InChI is InChI=1S/C18H17NO4/c1-23-16-4-2-3-13(11-16)7-10-17(20)19-12-14-5-8-15(9-6-14)18(21)22/h2-11H,12H2,1H3,(H,19,20)(H,21,22)/b10-7+. The lowest BCUT2D eigenvalue weighted by molar-refractivity contribution is -0.116. The van der Waals surface area contributed by atoms with Crippen molar-refractivity contribution >= 4 is 18.0 Å². The van der Waals surface area contributed by atoms with Crippen molar-refractivity contribution in [3.63, 3.8) is 0 Å². The van der Waals surface area contributed by atoms with E-state index in [9.17, 15) is 9.59 Å². The molecule has 0 saturated heterocycles. The van der Waals surface area contributed by atoms with Crippen molar-refractivity contribution in [1.82, 2.24) is 5.32 Å². The van der Waals surface area contributed by atoms with E-state index in [0.29, 0.717) is 6.54 Å². The number of amides is 1. The number of carboxylic acid groups (broad SMARTS) is 1. The van der Waals surface area contributed by atoms with Gasteiger partial charge in [0.25, 0.3) is 0 Å². The summed E-state index contributed by atoms with van der Waals surface area (Å²) in [5.41, 5.74) is 1.92. The molecule has 118 valence electrons. The average Bonchev–Trinajstić information content (AvgIpc) is 2.58. The Kier molecular flexibility index (Phi) is 5.52. The molecule has 0 unspecified atom stereocenters. The van der Waals surface area contributed by atoms with E-state index in [1.807, 2.05) is 24.3 Å². The Morgan fingerprint density at radius 1 is 1.17 bits per heavy atom. The van der Waals surface area contributed by atoms with Gasteiger partial charge in [-0.3, -0.25) is 4.79 Å². The largest absolute Gasteiger partial charge is 0.497 e. The Morgan fingerprint density at radius 2 is 1.91 bits per heavy atom. The molecule has 2 rings (SSSR count). The Morgan fingerprint density at radius 3 is 2.57 bits per heavy atom. The molecule has 0 radical (unpaired) electrons. The van der Waals surface area contributed by atoms with E-state index >= 15 is 0 Å². The summed E-state index contributed by atoms with van der Waals surface area (Å²) in [4.78, 5) is 22.6. The van der Waals surface area contributed by atoms with Gasteiger partial charge in [0.1, 0.15) is 5.75 Å². The molecule has 0 heterocycles. The number of carbonyl (C=O) groups excluding carboxylic acids is 1. The van der Waals surface area contributed by atoms with Crippen LogP contribution in [0.4, 0.5) is 0 Å². The number of hydrogen-bond donors (Lipinski definition) is 2. The summed E-state index contributed by atoms with van der Waals surface area (Å²) >= 11 is 0. The highest BCUT2D eigenvalue weighted by Gasteiger charge is 2.02. The fourth-order valence-corrected chi connectivity index (χ4v) is 1.93. The molecule has 0 fully saturated rings. The fraction of sp³-hybridized carbons (Fsp3) is 0.111.